The molecular formula is C15H19F3N4O3. The van der Waals surface area contributed by atoms with Gasteiger partial charge in [0, 0.05) is 33.1 Å². The first kappa shape index (κ1) is 18.8. The molecule has 1 aromatic rings. The van der Waals surface area contributed by atoms with Gasteiger partial charge in [-0.3, -0.25) is 9.59 Å². The molecule has 0 unspecified atom stereocenters. The molecule has 0 atom stereocenters. The first-order chi connectivity index (χ1) is 11.8. The summed E-state index contributed by atoms with van der Waals surface area (Å²) in [7, 11) is 0. The number of esters is 1. The van der Waals surface area contributed by atoms with Crippen LogP contribution >= 0.6 is 0 Å². The second kappa shape index (κ2) is 8.04. The standard InChI is InChI=1S/C15H19F3N4O3/c1-3-25-10(24)8-19-15-12(17)13(11(16)14(18)20-15)22-6-4-21(5-7-22)9(2)23/h3-8H2,1-2H3,(H,19,20). The molecule has 2 rings (SSSR count). The van der Waals surface area contributed by atoms with Crippen LogP contribution in [0.2, 0.25) is 0 Å². The molecule has 10 heteroatoms. The third kappa shape index (κ3) is 4.31. The molecule has 1 aromatic heterocycles. The van der Waals surface area contributed by atoms with E-state index in [-0.39, 0.29) is 38.7 Å². The lowest BCUT2D eigenvalue weighted by Crippen LogP contribution is -2.48. The fraction of sp³-hybridized carbons (Fsp3) is 0.533. The molecule has 7 nitrogen and oxygen atoms in total. The highest BCUT2D eigenvalue weighted by molar-refractivity contribution is 5.75. The number of pyridine rings is 1. The SMILES string of the molecule is CCOC(=O)CNc1nc(F)c(F)c(N2CCN(C(C)=O)CC2)c1F. The highest BCUT2D eigenvalue weighted by Gasteiger charge is 2.28. The van der Waals surface area contributed by atoms with Gasteiger partial charge >= 0.3 is 5.97 Å². The van der Waals surface area contributed by atoms with Crippen LogP contribution in [0.4, 0.5) is 24.7 Å². The van der Waals surface area contributed by atoms with Crippen LogP contribution in [0.5, 0.6) is 0 Å². The van der Waals surface area contributed by atoms with Crippen molar-refractivity contribution in [3.63, 3.8) is 0 Å². The van der Waals surface area contributed by atoms with Crippen LogP contribution in [-0.4, -0.2) is 61.1 Å². The molecule has 1 saturated heterocycles. The van der Waals surface area contributed by atoms with Crippen LogP contribution in [0.1, 0.15) is 13.8 Å². The van der Waals surface area contributed by atoms with Crippen molar-refractivity contribution in [1.29, 1.82) is 0 Å². The molecule has 0 radical (unpaired) electrons. The zero-order chi connectivity index (χ0) is 18.6. The summed E-state index contributed by atoms with van der Waals surface area (Å²) in [6, 6.07) is 0. The minimum Gasteiger partial charge on any atom is -0.465 e. The van der Waals surface area contributed by atoms with Gasteiger partial charge in [-0.2, -0.15) is 13.8 Å². The van der Waals surface area contributed by atoms with Crippen molar-refractivity contribution in [3.05, 3.63) is 17.6 Å². The van der Waals surface area contributed by atoms with Gasteiger partial charge in [0.2, 0.25) is 11.7 Å². The van der Waals surface area contributed by atoms with Crippen molar-refractivity contribution < 1.29 is 27.5 Å². The Kier molecular flexibility index (Phi) is 6.05. The first-order valence-electron chi connectivity index (χ1n) is 7.79. The number of hydrogen-bond acceptors (Lipinski definition) is 6. The molecule has 0 bridgehead atoms. The zero-order valence-electron chi connectivity index (χ0n) is 13.9. The van der Waals surface area contributed by atoms with Crippen molar-refractivity contribution in [2.45, 2.75) is 13.8 Å². The van der Waals surface area contributed by atoms with Crippen molar-refractivity contribution in [3.8, 4) is 0 Å². The Morgan fingerprint density at radius 3 is 2.36 bits per heavy atom. The number of carbonyl (C=O) groups is 2. The van der Waals surface area contributed by atoms with Crippen LogP contribution in [0, 0.1) is 17.6 Å². The third-order valence-corrected chi connectivity index (χ3v) is 3.76. The van der Waals surface area contributed by atoms with Crippen LogP contribution in [-0.2, 0) is 14.3 Å². The van der Waals surface area contributed by atoms with E-state index in [1.165, 1.54) is 16.7 Å². The van der Waals surface area contributed by atoms with Crippen molar-refractivity contribution >= 4 is 23.4 Å². The number of nitrogens with one attached hydrogen (secondary N) is 1. The largest absolute Gasteiger partial charge is 0.465 e. The number of piperazine rings is 1. The fourth-order valence-corrected chi connectivity index (χ4v) is 2.51. The smallest absolute Gasteiger partial charge is 0.325 e. The van der Waals surface area contributed by atoms with Gasteiger partial charge in [-0.25, -0.2) is 4.39 Å². The van der Waals surface area contributed by atoms with E-state index in [2.05, 4.69) is 15.0 Å². The highest BCUT2D eigenvalue weighted by Crippen LogP contribution is 2.30. The summed E-state index contributed by atoms with van der Waals surface area (Å²) in [5.74, 6) is -5.37. The summed E-state index contributed by atoms with van der Waals surface area (Å²) in [6.07, 6.45) is 0. The molecule has 1 aliphatic rings. The van der Waals surface area contributed by atoms with Gasteiger partial charge < -0.3 is 19.9 Å². The van der Waals surface area contributed by atoms with Crippen molar-refractivity contribution in [1.82, 2.24) is 9.88 Å². The Bertz CT molecular complexity index is 664. The molecule has 0 aromatic carbocycles. The van der Waals surface area contributed by atoms with E-state index in [1.807, 2.05) is 0 Å². The second-order valence-electron chi connectivity index (χ2n) is 5.38. The maximum absolute atomic E-state index is 14.6. The monoisotopic (exact) mass is 360 g/mol. The molecule has 1 fully saturated rings. The molecule has 2 heterocycles. The number of aromatic nitrogens is 1. The van der Waals surface area contributed by atoms with Gasteiger partial charge in [0.05, 0.1) is 6.61 Å². The number of anilines is 2. The van der Waals surface area contributed by atoms with Gasteiger partial charge in [0.15, 0.2) is 11.6 Å². The summed E-state index contributed by atoms with van der Waals surface area (Å²) in [6.45, 7) is 3.55. The number of ether oxygens (including phenoxy) is 1. The summed E-state index contributed by atoms with van der Waals surface area (Å²) in [5, 5.41) is 2.31. The molecule has 0 aliphatic carbocycles. The molecule has 138 valence electrons. The Morgan fingerprint density at radius 1 is 1.16 bits per heavy atom. The van der Waals surface area contributed by atoms with E-state index in [4.69, 9.17) is 0 Å². The summed E-state index contributed by atoms with van der Waals surface area (Å²) in [4.78, 5) is 28.7. The normalized spacial score (nSPS) is 14.4. The minimum absolute atomic E-state index is 0.139. The Labute approximate surface area is 142 Å². The predicted octanol–water partition coefficient (Wildman–Crippen LogP) is 1.14. The quantitative estimate of drug-likeness (QED) is 0.627. The lowest BCUT2D eigenvalue weighted by molar-refractivity contribution is -0.141. The maximum Gasteiger partial charge on any atom is 0.325 e. The number of halogens is 3. The van der Waals surface area contributed by atoms with E-state index in [1.54, 1.807) is 6.92 Å². The van der Waals surface area contributed by atoms with Gasteiger partial charge in [-0.1, -0.05) is 0 Å². The number of nitrogens with zero attached hydrogens (tertiary/aromatic N) is 3. The lowest BCUT2D eigenvalue weighted by atomic mass is 10.2. The van der Waals surface area contributed by atoms with Gasteiger partial charge in [-0.15, -0.1) is 0 Å². The average molecular weight is 360 g/mol. The molecule has 0 spiro atoms. The summed E-state index contributed by atoms with van der Waals surface area (Å²) >= 11 is 0. The minimum atomic E-state index is -1.48. The van der Waals surface area contributed by atoms with E-state index in [0.717, 1.165) is 0 Å². The Morgan fingerprint density at radius 2 is 1.80 bits per heavy atom. The highest BCUT2D eigenvalue weighted by atomic mass is 19.2. The van der Waals surface area contributed by atoms with E-state index >= 15 is 0 Å². The van der Waals surface area contributed by atoms with Gasteiger partial charge in [0.25, 0.3) is 5.95 Å². The summed E-state index contributed by atoms with van der Waals surface area (Å²) in [5.41, 5.74) is -0.568. The van der Waals surface area contributed by atoms with Crippen molar-refractivity contribution in [2.24, 2.45) is 0 Å². The summed E-state index contributed by atoms with van der Waals surface area (Å²) < 4.78 is 47.1. The topological polar surface area (TPSA) is 74.8 Å². The van der Waals surface area contributed by atoms with Crippen LogP contribution < -0.4 is 10.2 Å². The number of hydrogen-bond donors (Lipinski definition) is 1. The fourth-order valence-electron chi connectivity index (χ4n) is 2.51. The Hall–Kier alpha value is -2.52. The third-order valence-electron chi connectivity index (χ3n) is 3.76. The average Bonchev–Trinajstić information content (AvgIpc) is 2.58. The Balaban J connectivity index is 2.20. The molecular weight excluding hydrogens is 341 g/mol. The zero-order valence-corrected chi connectivity index (χ0v) is 13.9. The predicted molar refractivity (Wildman–Crippen MR) is 83.7 cm³/mol. The van der Waals surface area contributed by atoms with Crippen LogP contribution in [0.25, 0.3) is 0 Å². The van der Waals surface area contributed by atoms with Gasteiger partial charge in [0.1, 0.15) is 12.2 Å². The second-order valence-corrected chi connectivity index (χ2v) is 5.38. The van der Waals surface area contributed by atoms with E-state index in [9.17, 15) is 22.8 Å². The van der Waals surface area contributed by atoms with Crippen LogP contribution in [0.15, 0.2) is 0 Å². The molecule has 1 N–H and O–H groups in total. The number of carbonyl (C=O) groups excluding carboxylic acids is 2. The van der Waals surface area contributed by atoms with Crippen molar-refractivity contribution in [2.75, 3.05) is 49.5 Å². The molecule has 0 saturated carbocycles. The lowest BCUT2D eigenvalue weighted by Gasteiger charge is -2.35. The maximum atomic E-state index is 14.6. The molecule has 1 aliphatic heterocycles. The molecule has 1 amide bonds. The van der Waals surface area contributed by atoms with Crippen LogP contribution in [0.3, 0.4) is 0 Å². The van der Waals surface area contributed by atoms with Gasteiger partial charge in [-0.05, 0) is 6.92 Å². The van der Waals surface area contributed by atoms with E-state index in [0.29, 0.717) is 0 Å². The first-order valence-corrected chi connectivity index (χ1v) is 7.79. The number of rotatable bonds is 5. The van der Waals surface area contributed by atoms with E-state index < -0.39 is 41.6 Å². The number of amides is 1. The molecule has 25 heavy (non-hydrogen) atoms.